The van der Waals surface area contributed by atoms with Crippen molar-refractivity contribution in [3.8, 4) is 0 Å². The van der Waals surface area contributed by atoms with Crippen LogP contribution < -0.4 is 0 Å². The zero-order valence-electron chi connectivity index (χ0n) is 11.2. The maximum Gasteiger partial charge on any atom is 0.312 e. The molecule has 3 rings (SSSR count). The molecule has 1 aliphatic rings. The highest BCUT2D eigenvalue weighted by Crippen LogP contribution is 2.44. The Kier molecular flexibility index (Phi) is 2.81. The summed E-state index contributed by atoms with van der Waals surface area (Å²) in [7, 11) is 1.46. The predicted molar refractivity (Wildman–Crippen MR) is 70.8 cm³/mol. The Morgan fingerprint density at radius 2 is 2.26 bits per heavy atom. The number of benzene rings is 1. The van der Waals surface area contributed by atoms with Crippen LogP contribution in [0.2, 0.25) is 0 Å². The third kappa shape index (κ3) is 2.01. The number of esters is 1. The van der Waals surface area contributed by atoms with Crippen LogP contribution in [0.3, 0.4) is 0 Å². The number of carbonyl (C=O) groups is 1. The fraction of sp³-hybridized carbons (Fsp3) is 0.467. The Labute approximate surface area is 111 Å². The first-order valence-corrected chi connectivity index (χ1v) is 6.57. The van der Waals surface area contributed by atoms with Crippen LogP contribution in [0.5, 0.6) is 0 Å². The topological polar surface area (TPSA) is 52.3 Å². The van der Waals surface area contributed by atoms with Crippen LogP contribution in [0.1, 0.15) is 30.7 Å². The second kappa shape index (κ2) is 4.37. The van der Waals surface area contributed by atoms with E-state index in [0.29, 0.717) is 5.89 Å². The van der Waals surface area contributed by atoms with Gasteiger partial charge in [0.05, 0.1) is 12.5 Å². The average Bonchev–Trinajstić information content (AvgIpc) is 2.72. The van der Waals surface area contributed by atoms with Gasteiger partial charge in [-0.05, 0) is 37.0 Å². The standard InChI is InChI=1S/C15H17NO3/c1-10-16-12-8-11(4-5-13(12)19-10)9-15(6-3-7-15)14(17)18-2/h4-5,8H,3,6-7,9H2,1-2H3. The molecule has 1 heterocycles. The summed E-state index contributed by atoms with van der Waals surface area (Å²) < 4.78 is 10.4. The summed E-state index contributed by atoms with van der Waals surface area (Å²) in [5, 5.41) is 0. The molecule has 0 radical (unpaired) electrons. The lowest BCUT2D eigenvalue weighted by Crippen LogP contribution is -2.40. The van der Waals surface area contributed by atoms with Gasteiger partial charge in [0.25, 0.3) is 0 Å². The number of ether oxygens (including phenoxy) is 1. The Morgan fingerprint density at radius 1 is 1.47 bits per heavy atom. The molecule has 4 heteroatoms. The zero-order valence-corrected chi connectivity index (χ0v) is 11.2. The summed E-state index contributed by atoms with van der Waals surface area (Å²) in [5.41, 5.74) is 2.45. The molecule has 0 amide bonds. The van der Waals surface area contributed by atoms with Crippen LogP contribution >= 0.6 is 0 Å². The minimum Gasteiger partial charge on any atom is -0.469 e. The van der Waals surface area contributed by atoms with Gasteiger partial charge < -0.3 is 9.15 Å². The number of hydrogen-bond donors (Lipinski definition) is 0. The number of aryl methyl sites for hydroxylation is 1. The van der Waals surface area contributed by atoms with Crippen molar-refractivity contribution in [2.24, 2.45) is 5.41 Å². The average molecular weight is 259 g/mol. The second-order valence-corrected chi connectivity index (χ2v) is 5.34. The summed E-state index contributed by atoms with van der Waals surface area (Å²) >= 11 is 0. The maximum atomic E-state index is 11.9. The lowest BCUT2D eigenvalue weighted by atomic mass is 9.65. The highest BCUT2D eigenvalue weighted by Gasteiger charge is 2.45. The number of aromatic nitrogens is 1. The van der Waals surface area contributed by atoms with E-state index >= 15 is 0 Å². The first-order valence-electron chi connectivity index (χ1n) is 6.57. The van der Waals surface area contributed by atoms with Gasteiger partial charge in [0.2, 0.25) is 0 Å². The minimum absolute atomic E-state index is 0.0878. The number of hydrogen-bond acceptors (Lipinski definition) is 4. The van der Waals surface area contributed by atoms with Crippen LogP contribution in [-0.4, -0.2) is 18.1 Å². The highest BCUT2D eigenvalue weighted by molar-refractivity contribution is 5.79. The zero-order chi connectivity index (χ0) is 13.5. The van der Waals surface area contributed by atoms with Crippen molar-refractivity contribution in [1.82, 2.24) is 4.98 Å². The fourth-order valence-electron chi connectivity index (χ4n) is 2.86. The number of methoxy groups -OCH3 is 1. The van der Waals surface area contributed by atoms with Gasteiger partial charge in [-0.1, -0.05) is 12.5 Å². The summed E-state index contributed by atoms with van der Waals surface area (Å²) in [5.74, 6) is 0.577. The predicted octanol–water partition coefficient (Wildman–Crippen LogP) is 3.02. The summed E-state index contributed by atoms with van der Waals surface area (Å²) in [4.78, 5) is 16.3. The van der Waals surface area contributed by atoms with Gasteiger partial charge in [0.15, 0.2) is 11.5 Å². The van der Waals surface area contributed by atoms with Gasteiger partial charge in [-0.3, -0.25) is 4.79 Å². The number of nitrogens with zero attached hydrogens (tertiary/aromatic N) is 1. The molecule has 0 N–H and O–H groups in total. The van der Waals surface area contributed by atoms with Crippen LogP contribution in [0.4, 0.5) is 0 Å². The molecule has 0 spiro atoms. The Morgan fingerprint density at radius 3 is 2.89 bits per heavy atom. The van der Waals surface area contributed by atoms with E-state index < -0.39 is 0 Å². The van der Waals surface area contributed by atoms with E-state index in [4.69, 9.17) is 9.15 Å². The largest absolute Gasteiger partial charge is 0.469 e. The summed E-state index contributed by atoms with van der Waals surface area (Å²) in [6.45, 7) is 1.83. The van der Waals surface area contributed by atoms with Gasteiger partial charge in [-0.2, -0.15) is 0 Å². The molecule has 100 valence electrons. The van der Waals surface area contributed by atoms with E-state index in [2.05, 4.69) is 4.98 Å². The molecule has 0 saturated heterocycles. The molecule has 2 aromatic rings. The Balaban J connectivity index is 1.89. The number of rotatable bonds is 3. The quantitative estimate of drug-likeness (QED) is 0.795. The molecule has 0 unspecified atom stereocenters. The lowest BCUT2D eigenvalue weighted by molar-refractivity contribution is -0.158. The van der Waals surface area contributed by atoms with Crippen LogP contribution in [0, 0.1) is 12.3 Å². The third-order valence-electron chi connectivity index (χ3n) is 4.03. The van der Waals surface area contributed by atoms with Gasteiger partial charge in [-0.25, -0.2) is 4.98 Å². The molecule has 4 nitrogen and oxygen atoms in total. The number of carbonyl (C=O) groups excluding carboxylic acids is 1. The maximum absolute atomic E-state index is 11.9. The molecule has 0 atom stereocenters. The Hall–Kier alpha value is -1.84. The molecule has 1 aromatic heterocycles. The van der Waals surface area contributed by atoms with Crippen molar-refractivity contribution in [2.75, 3.05) is 7.11 Å². The monoisotopic (exact) mass is 259 g/mol. The first kappa shape index (κ1) is 12.2. The second-order valence-electron chi connectivity index (χ2n) is 5.34. The van der Waals surface area contributed by atoms with Crippen molar-refractivity contribution in [1.29, 1.82) is 0 Å². The van der Waals surface area contributed by atoms with Crippen molar-refractivity contribution >= 4 is 17.1 Å². The van der Waals surface area contributed by atoms with Crippen molar-refractivity contribution in [3.63, 3.8) is 0 Å². The summed E-state index contributed by atoms with van der Waals surface area (Å²) in [6.07, 6.45) is 3.65. The smallest absolute Gasteiger partial charge is 0.312 e. The number of oxazole rings is 1. The van der Waals surface area contributed by atoms with Gasteiger partial charge in [0, 0.05) is 6.92 Å². The number of fused-ring (bicyclic) bond motifs is 1. The van der Waals surface area contributed by atoms with Crippen LogP contribution in [0.25, 0.3) is 11.1 Å². The van der Waals surface area contributed by atoms with Crippen molar-refractivity contribution < 1.29 is 13.9 Å². The fourth-order valence-corrected chi connectivity index (χ4v) is 2.86. The molecule has 1 aromatic carbocycles. The van der Waals surface area contributed by atoms with E-state index in [-0.39, 0.29) is 11.4 Å². The van der Waals surface area contributed by atoms with Gasteiger partial charge >= 0.3 is 5.97 Å². The van der Waals surface area contributed by atoms with Crippen molar-refractivity contribution in [3.05, 3.63) is 29.7 Å². The van der Waals surface area contributed by atoms with Gasteiger partial charge in [0.1, 0.15) is 5.52 Å². The highest BCUT2D eigenvalue weighted by atomic mass is 16.5. The molecule has 1 saturated carbocycles. The summed E-state index contributed by atoms with van der Waals surface area (Å²) in [6, 6.07) is 5.94. The van der Waals surface area contributed by atoms with Crippen LogP contribution in [-0.2, 0) is 16.0 Å². The van der Waals surface area contributed by atoms with E-state index in [0.717, 1.165) is 42.3 Å². The molecular formula is C15H17NO3. The van der Waals surface area contributed by atoms with E-state index in [1.165, 1.54) is 7.11 Å². The first-order chi connectivity index (χ1) is 9.13. The lowest BCUT2D eigenvalue weighted by Gasteiger charge is -2.39. The minimum atomic E-state index is -0.318. The van der Waals surface area contributed by atoms with E-state index in [1.807, 2.05) is 25.1 Å². The normalized spacial score (nSPS) is 17.2. The molecule has 1 fully saturated rings. The molecule has 19 heavy (non-hydrogen) atoms. The van der Waals surface area contributed by atoms with E-state index in [1.54, 1.807) is 0 Å². The SMILES string of the molecule is COC(=O)C1(Cc2ccc3oc(C)nc3c2)CCC1. The van der Waals surface area contributed by atoms with Gasteiger partial charge in [-0.15, -0.1) is 0 Å². The molecule has 0 bridgehead atoms. The molecule has 1 aliphatic carbocycles. The molecule has 0 aliphatic heterocycles. The molecular weight excluding hydrogens is 242 g/mol. The van der Waals surface area contributed by atoms with E-state index in [9.17, 15) is 4.79 Å². The third-order valence-corrected chi connectivity index (χ3v) is 4.03. The van der Waals surface area contributed by atoms with Crippen LogP contribution in [0.15, 0.2) is 22.6 Å². The Bertz CT molecular complexity index is 625. The van der Waals surface area contributed by atoms with Crippen molar-refractivity contribution in [2.45, 2.75) is 32.6 Å².